The van der Waals surface area contributed by atoms with E-state index < -0.39 is 5.82 Å². The average Bonchev–Trinajstić information content (AvgIpc) is 3.12. The molecule has 1 saturated carbocycles. The first-order valence-corrected chi connectivity index (χ1v) is 8.14. The maximum Gasteiger partial charge on any atom is 0.191 e. The lowest BCUT2D eigenvalue weighted by Crippen LogP contribution is -1.87. The fourth-order valence-electron chi connectivity index (χ4n) is 2.35. The lowest BCUT2D eigenvalue weighted by molar-refractivity contribution is 0.628. The van der Waals surface area contributed by atoms with E-state index in [1.54, 1.807) is 12.1 Å². The van der Waals surface area contributed by atoms with Gasteiger partial charge in [-0.1, -0.05) is 11.6 Å². The summed E-state index contributed by atoms with van der Waals surface area (Å²) < 4.78 is 13.4. The molecule has 0 radical (unpaired) electrons. The SMILES string of the molecule is N#Cc1n[nH]nc1-c1sc(-c2ccc(F)c(Cl)c2)nc1C1CC1. The Labute approximate surface area is 139 Å². The van der Waals surface area contributed by atoms with Gasteiger partial charge in [0, 0.05) is 11.5 Å². The molecule has 0 unspecified atom stereocenters. The largest absolute Gasteiger partial charge is 0.240 e. The zero-order valence-electron chi connectivity index (χ0n) is 11.7. The van der Waals surface area contributed by atoms with Crippen LogP contribution in [0.2, 0.25) is 5.02 Å². The molecule has 23 heavy (non-hydrogen) atoms. The van der Waals surface area contributed by atoms with Crippen molar-refractivity contribution in [3.63, 3.8) is 0 Å². The molecule has 0 spiro atoms. The second kappa shape index (κ2) is 5.41. The Balaban J connectivity index is 1.86. The Bertz CT molecular complexity index is 938. The summed E-state index contributed by atoms with van der Waals surface area (Å²) in [5.41, 5.74) is 2.44. The van der Waals surface area contributed by atoms with Gasteiger partial charge < -0.3 is 0 Å². The van der Waals surface area contributed by atoms with Gasteiger partial charge in [-0.25, -0.2) is 9.37 Å². The van der Waals surface area contributed by atoms with E-state index in [1.165, 1.54) is 17.4 Å². The lowest BCUT2D eigenvalue weighted by Gasteiger charge is -1.98. The van der Waals surface area contributed by atoms with Gasteiger partial charge in [-0.15, -0.1) is 16.4 Å². The third-order valence-corrected chi connectivity index (χ3v) is 5.07. The van der Waals surface area contributed by atoms with E-state index in [-0.39, 0.29) is 10.7 Å². The molecule has 4 rings (SSSR count). The van der Waals surface area contributed by atoms with Gasteiger partial charge in [0.15, 0.2) is 5.69 Å². The number of nitriles is 1. The van der Waals surface area contributed by atoms with Crippen molar-refractivity contribution in [3.05, 3.63) is 40.4 Å². The first-order valence-electron chi connectivity index (χ1n) is 6.94. The molecule has 1 fully saturated rings. The van der Waals surface area contributed by atoms with Gasteiger partial charge >= 0.3 is 0 Å². The molecule has 0 aliphatic heterocycles. The van der Waals surface area contributed by atoms with Gasteiger partial charge in [0.05, 0.1) is 15.6 Å². The highest BCUT2D eigenvalue weighted by Crippen LogP contribution is 2.47. The van der Waals surface area contributed by atoms with Crippen molar-refractivity contribution >= 4 is 22.9 Å². The minimum Gasteiger partial charge on any atom is -0.240 e. The van der Waals surface area contributed by atoms with Crippen LogP contribution in [0.3, 0.4) is 0 Å². The fourth-order valence-corrected chi connectivity index (χ4v) is 3.67. The maximum atomic E-state index is 13.4. The zero-order chi connectivity index (χ0) is 16.0. The van der Waals surface area contributed by atoms with E-state index >= 15 is 0 Å². The van der Waals surface area contributed by atoms with Crippen LogP contribution in [0, 0.1) is 17.1 Å². The highest BCUT2D eigenvalue weighted by Gasteiger charge is 2.32. The highest BCUT2D eigenvalue weighted by atomic mass is 35.5. The van der Waals surface area contributed by atoms with E-state index in [0.29, 0.717) is 11.6 Å². The Morgan fingerprint density at radius 1 is 1.35 bits per heavy atom. The number of benzene rings is 1. The molecule has 2 aromatic heterocycles. The molecule has 1 N–H and O–H groups in total. The molecule has 0 saturated heterocycles. The summed E-state index contributed by atoms with van der Waals surface area (Å²) in [4.78, 5) is 5.53. The second-order valence-electron chi connectivity index (χ2n) is 5.27. The summed E-state index contributed by atoms with van der Waals surface area (Å²) in [7, 11) is 0. The molecular formula is C15H9ClFN5S. The van der Waals surface area contributed by atoms with E-state index in [0.717, 1.165) is 34.0 Å². The van der Waals surface area contributed by atoms with Gasteiger partial charge in [-0.05, 0) is 31.0 Å². The van der Waals surface area contributed by atoms with Crippen LogP contribution in [0.15, 0.2) is 18.2 Å². The molecule has 114 valence electrons. The maximum absolute atomic E-state index is 13.4. The third kappa shape index (κ3) is 2.50. The smallest absolute Gasteiger partial charge is 0.191 e. The molecule has 8 heteroatoms. The van der Waals surface area contributed by atoms with E-state index in [9.17, 15) is 4.39 Å². The highest BCUT2D eigenvalue weighted by molar-refractivity contribution is 7.18. The quantitative estimate of drug-likeness (QED) is 0.773. The van der Waals surface area contributed by atoms with Gasteiger partial charge in [0.2, 0.25) is 0 Å². The molecule has 1 aliphatic carbocycles. The second-order valence-corrected chi connectivity index (χ2v) is 6.68. The minimum absolute atomic E-state index is 0.0615. The molecular weight excluding hydrogens is 337 g/mol. The van der Waals surface area contributed by atoms with Crippen molar-refractivity contribution in [2.45, 2.75) is 18.8 Å². The monoisotopic (exact) mass is 345 g/mol. The number of hydrogen-bond acceptors (Lipinski definition) is 5. The van der Waals surface area contributed by atoms with Crippen LogP contribution in [0.1, 0.15) is 30.1 Å². The fraction of sp³-hybridized carbons (Fsp3) is 0.200. The molecule has 1 aromatic carbocycles. The lowest BCUT2D eigenvalue weighted by atomic mass is 10.2. The predicted octanol–water partition coefficient (Wildman–Crippen LogP) is 4.14. The summed E-state index contributed by atoms with van der Waals surface area (Å²) >= 11 is 7.28. The topological polar surface area (TPSA) is 78.2 Å². The molecule has 0 bridgehead atoms. The number of thiazole rings is 1. The Hall–Kier alpha value is -2.30. The summed E-state index contributed by atoms with van der Waals surface area (Å²) in [5, 5.41) is 20.4. The molecule has 5 nitrogen and oxygen atoms in total. The van der Waals surface area contributed by atoms with Crippen LogP contribution in [0.25, 0.3) is 21.1 Å². The predicted molar refractivity (Wildman–Crippen MR) is 84.6 cm³/mol. The summed E-state index contributed by atoms with van der Waals surface area (Å²) in [6.45, 7) is 0. The first kappa shape index (κ1) is 14.3. The van der Waals surface area contributed by atoms with Crippen molar-refractivity contribution in [1.29, 1.82) is 5.26 Å². The van der Waals surface area contributed by atoms with Crippen LogP contribution >= 0.6 is 22.9 Å². The normalized spacial score (nSPS) is 14.0. The van der Waals surface area contributed by atoms with Gasteiger partial charge in [-0.2, -0.15) is 15.6 Å². The van der Waals surface area contributed by atoms with Gasteiger partial charge in [0.1, 0.15) is 22.6 Å². The molecule has 0 atom stereocenters. The molecule has 3 aromatic rings. The summed E-state index contributed by atoms with van der Waals surface area (Å²) in [5.74, 6) is -0.0768. The van der Waals surface area contributed by atoms with Crippen molar-refractivity contribution in [1.82, 2.24) is 20.4 Å². The number of rotatable bonds is 3. The first-order chi connectivity index (χ1) is 11.2. The summed E-state index contributed by atoms with van der Waals surface area (Å²) in [6.07, 6.45) is 2.14. The number of halogens is 2. The van der Waals surface area contributed by atoms with Crippen LogP contribution in [-0.2, 0) is 0 Å². The van der Waals surface area contributed by atoms with Crippen LogP contribution in [0.5, 0.6) is 0 Å². The van der Waals surface area contributed by atoms with E-state index in [4.69, 9.17) is 21.8 Å². The standard InChI is InChI=1S/C15H9ClFN5S/c16-9-5-8(3-4-10(9)17)15-19-12(7-1-2-7)14(23-15)13-11(6-18)20-22-21-13/h3-5,7H,1-2H2,(H,20,21,22). The number of aromatic amines is 1. The van der Waals surface area contributed by atoms with Crippen LogP contribution in [0.4, 0.5) is 4.39 Å². The van der Waals surface area contributed by atoms with E-state index in [1.807, 2.05) is 6.07 Å². The molecule has 1 aliphatic rings. The number of aromatic nitrogens is 4. The van der Waals surface area contributed by atoms with E-state index in [2.05, 4.69) is 15.4 Å². The molecule has 0 amide bonds. The van der Waals surface area contributed by atoms with Crippen LogP contribution in [-0.4, -0.2) is 20.4 Å². The van der Waals surface area contributed by atoms with Gasteiger partial charge in [-0.3, -0.25) is 0 Å². The van der Waals surface area contributed by atoms with Gasteiger partial charge in [0.25, 0.3) is 0 Å². The Morgan fingerprint density at radius 3 is 2.87 bits per heavy atom. The van der Waals surface area contributed by atoms with Crippen molar-refractivity contribution in [3.8, 4) is 27.2 Å². The Morgan fingerprint density at radius 2 is 2.17 bits per heavy atom. The third-order valence-electron chi connectivity index (χ3n) is 3.65. The molecule has 2 heterocycles. The number of hydrogen-bond donors (Lipinski definition) is 1. The Kier molecular flexibility index (Phi) is 3.36. The minimum atomic E-state index is -0.460. The number of nitrogens with zero attached hydrogens (tertiary/aromatic N) is 4. The van der Waals surface area contributed by atoms with Crippen molar-refractivity contribution in [2.75, 3.05) is 0 Å². The number of nitrogens with one attached hydrogen (secondary N) is 1. The van der Waals surface area contributed by atoms with Crippen molar-refractivity contribution < 1.29 is 4.39 Å². The van der Waals surface area contributed by atoms with Crippen LogP contribution < -0.4 is 0 Å². The number of H-pyrrole nitrogens is 1. The average molecular weight is 346 g/mol. The zero-order valence-corrected chi connectivity index (χ0v) is 13.2. The summed E-state index contributed by atoms with van der Waals surface area (Å²) in [6, 6.07) is 6.56. The van der Waals surface area contributed by atoms with Crippen molar-refractivity contribution in [2.24, 2.45) is 0 Å².